The van der Waals surface area contributed by atoms with E-state index in [1.807, 2.05) is 0 Å². The topological polar surface area (TPSA) is 95.9 Å². The molecule has 55 heavy (non-hydrogen) atoms. The van der Waals surface area contributed by atoms with Gasteiger partial charge in [-0.1, -0.05) is 212 Å². The fourth-order valence-electron chi connectivity index (χ4n) is 7.51. The molecule has 0 radical (unpaired) electrons. The fourth-order valence-corrected chi connectivity index (χ4v) is 7.51. The van der Waals surface area contributed by atoms with Crippen LogP contribution in [-0.2, 0) is 14.3 Å². The minimum Gasteiger partial charge on any atom is -0.466 e. The van der Waals surface area contributed by atoms with Crippen LogP contribution in [-0.4, -0.2) is 47.4 Å². The Labute approximate surface area is 342 Å². The second kappa shape index (κ2) is 45.3. The van der Waals surface area contributed by atoms with Crippen molar-refractivity contribution in [1.29, 1.82) is 0 Å². The number of unbranched alkanes of at least 4 members (excludes halogenated alkanes) is 32. The summed E-state index contributed by atoms with van der Waals surface area (Å²) < 4.78 is 5.46. The summed E-state index contributed by atoms with van der Waals surface area (Å²) in [7, 11) is 0. The molecule has 0 aliphatic rings. The second-order valence-corrected chi connectivity index (χ2v) is 16.8. The molecule has 0 saturated carbocycles. The maximum Gasteiger partial charge on any atom is 0.305 e. The smallest absolute Gasteiger partial charge is 0.305 e. The van der Waals surface area contributed by atoms with Crippen molar-refractivity contribution in [2.75, 3.05) is 13.2 Å². The van der Waals surface area contributed by atoms with E-state index in [4.69, 9.17) is 4.74 Å². The lowest BCUT2D eigenvalue weighted by molar-refractivity contribution is -0.143. The average Bonchev–Trinajstić information content (AvgIpc) is 3.18. The molecule has 0 aromatic heterocycles. The number of rotatable bonds is 45. The lowest BCUT2D eigenvalue weighted by atomic mass is 10.0. The Morgan fingerprint density at radius 3 is 1.31 bits per heavy atom. The summed E-state index contributed by atoms with van der Waals surface area (Å²) in [6.07, 6.45) is 50.4. The van der Waals surface area contributed by atoms with Gasteiger partial charge in [0, 0.05) is 12.8 Å². The van der Waals surface area contributed by atoms with Crippen LogP contribution >= 0.6 is 0 Å². The van der Waals surface area contributed by atoms with Gasteiger partial charge in [0.1, 0.15) is 0 Å². The van der Waals surface area contributed by atoms with E-state index in [-0.39, 0.29) is 18.5 Å². The van der Waals surface area contributed by atoms with E-state index in [9.17, 15) is 19.8 Å². The quantitative estimate of drug-likeness (QED) is 0.0325. The van der Waals surface area contributed by atoms with Crippen molar-refractivity contribution in [2.45, 2.75) is 276 Å². The van der Waals surface area contributed by atoms with E-state index < -0.39 is 12.1 Å². The maximum atomic E-state index is 12.4. The Morgan fingerprint density at radius 1 is 0.491 bits per heavy atom. The number of hydrogen-bond donors (Lipinski definition) is 3. The van der Waals surface area contributed by atoms with Crippen molar-refractivity contribution >= 4 is 11.9 Å². The number of carbonyl (C=O) groups is 2. The van der Waals surface area contributed by atoms with Crippen LogP contribution in [0.15, 0.2) is 12.2 Å². The number of carbonyl (C=O) groups excluding carboxylic acids is 2. The standard InChI is InChI=1S/C49H95NO5/c1-3-5-7-9-11-13-14-15-16-17-20-23-27-31-35-39-43-49(54)55-44-40-36-32-28-24-21-18-19-22-26-30-34-38-42-48(53)50-46(45-51)47(52)41-37-33-29-25-12-10-8-6-4-2/h19,22,46-47,51-52H,3-18,20-21,23-45H2,1-2H3,(H,50,53)/b22-19-. The van der Waals surface area contributed by atoms with Crippen LogP contribution in [0.5, 0.6) is 0 Å². The number of allylic oxidation sites excluding steroid dienone is 2. The van der Waals surface area contributed by atoms with Crippen LogP contribution < -0.4 is 5.32 Å². The van der Waals surface area contributed by atoms with Crippen LogP contribution in [0, 0.1) is 0 Å². The van der Waals surface area contributed by atoms with Gasteiger partial charge in [0.2, 0.25) is 5.91 Å². The predicted molar refractivity (Wildman–Crippen MR) is 237 cm³/mol. The highest BCUT2D eigenvalue weighted by atomic mass is 16.5. The van der Waals surface area contributed by atoms with Gasteiger partial charge in [-0.25, -0.2) is 0 Å². The number of aliphatic hydroxyl groups is 2. The molecule has 6 heteroatoms. The summed E-state index contributed by atoms with van der Waals surface area (Å²) in [6, 6.07) is -0.558. The molecule has 0 spiro atoms. The zero-order chi connectivity index (χ0) is 40.1. The van der Waals surface area contributed by atoms with Gasteiger partial charge in [0.15, 0.2) is 0 Å². The highest BCUT2D eigenvalue weighted by Crippen LogP contribution is 2.16. The van der Waals surface area contributed by atoms with E-state index in [2.05, 4.69) is 31.3 Å². The second-order valence-electron chi connectivity index (χ2n) is 16.8. The minimum atomic E-state index is -0.677. The van der Waals surface area contributed by atoms with E-state index >= 15 is 0 Å². The number of nitrogens with one attached hydrogen (secondary N) is 1. The van der Waals surface area contributed by atoms with Gasteiger partial charge in [-0.3, -0.25) is 9.59 Å². The molecule has 0 rings (SSSR count). The zero-order valence-electron chi connectivity index (χ0n) is 36.9. The van der Waals surface area contributed by atoms with Crippen LogP contribution in [0.1, 0.15) is 264 Å². The first kappa shape index (κ1) is 53.6. The van der Waals surface area contributed by atoms with Gasteiger partial charge < -0.3 is 20.3 Å². The molecule has 0 aromatic rings. The molecule has 2 unspecified atom stereocenters. The maximum absolute atomic E-state index is 12.4. The number of esters is 1. The lowest BCUT2D eigenvalue weighted by Gasteiger charge is -2.22. The third-order valence-electron chi connectivity index (χ3n) is 11.3. The first-order chi connectivity index (χ1) is 27.0. The SMILES string of the molecule is CCCCCCCCCCCCCCCCCCC(=O)OCCCCCCCC/C=C\CCCCCC(=O)NC(CO)C(O)CCCCCCCCCCC. The molecule has 326 valence electrons. The number of aliphatic hydroxyl groups excluding tert-OH is 2. The van der Waals surface area contributed by atoms with Crippen molar-refractivity contribution in [2.24, 2.45) is 0 Å². The van der Waals surface area contributed by atoms with Crippen molar-refractivity contribution in [3.63, 3.8) is 0 Å². The lowest BCUT2D eigenvalue weighted by Crippen LogP contribution is -2.45. The largest absolute Gasteiger partial charge is 0.466 e. The van der Waals surface area contributed by atoms with Gasteiger partial charge in [-0.2, -0.15) is 0 Å². The molecule has 0 aliphatic heterocycles. The monoisotopic (exact) mass is 778 g/mol. The Morgan fingerprint density at radius 2 is 0.855 bits per heavy atom. The molecule has 3 N–H and O–H groups in total. The molecular weight excluding hydrogens is 683 g/mol. The van der Waals surface area contributed by atoms with Crippen molar-refractivity contribution < 1.29 is 24.5 Å². The molecule has 0 aliphatic carbocycles. The van der Waals surface area contributed by atoms with E-state index in [0.717, 1.165) is 70.6 Å². The summed E-state index contributed by atoms with van der Waals surface area (Å²) in [5, 5.41) is 23.0. The Kier molecular flexibility index (Phi) is 44.2. The molecule has 6 nitrogen and oxygen atoms in total. The Hall–Kier alpha value is -1.40. The normalized spacial score (nSPS) is 12.7. The third-order valence-corrected chi connectivity index (χ3v) is 11.3. The highest BCUT2D eigenvalue weighted by molar-refractivity contribution is 5.76. The molecule has 1 amide bonds. The third kappa shape index (κ3) is 42.0. The van der Waals surface area contributed by atoms with Crippen LogP contribution in [0.4, 0.5) is 0 Å². The summed E-state index contributed by atoms with van der Waals surface area (Å²) in [5.74, 6) is -0.0768. The number of ether oxygens (including phenoxy) is 1. The molecule has 0 fully saturated rings. The number of amides is 1. The van der Waals surface area contributed by atoms with E-state index in [0.29, 0.717) is 25.9 Å². The average molecular weight is 778 g/mol. The molecular formula is C49H95NO5. The van der Waals surface area contributed by atoms with Crippen molar-refractivity contribution in [3.8, 4) is 0 Å². The highest BCUT2D eigenvalue weighted by Gasteiger charge is 2.20. The zero-order valence-corrected chi connectivity index (χ0v) is 36.9. The molecule has 0 saturated heterocycles. The van der Waals surface area contributed by atoms with Gasteiger partial charge in [-0.05, 0) is 51.4 Å². The minimum absolute atomic E-state index is 0.00963. The fraction of sp³-hybridized carbons (Fsp3) is 0.918. The number of hydrogen-bond acceptors (Lipinski definition) is 5. The summed E-state index contributed by atoms with van der Waals surface area (Å²) >= 11 is 0. The van der Waals surface area contributed by atoms with Crippen LogP contribution in [0.25, 0.3) is 0 Å². The summed E-state index contributed by atoms with van der Waals surface area (Å²) in [4.78, 5) is 24.4. The Balaban J connectivity index is 3.45. The summed E-state index contributed by atoms with van der Waals surface area (Å²) in [6.45, 7) is 4.89. The first-order valence-electron chi connectivity index (χ1n) is 24.4. The molecule has 0 aromatic carbocycles. The van der Waals surface area contributed by atoms with E-state index in [1.54, 1.807) is 0 Å². The van der Waals surface area contributed by atoms with Crippen LogP contribution in [0.3, 0.4) is 0 Å². The molecule has 0 bridgehead atoms. The van der Waals surface area contributed by atoms with E-state index in [1.165, 1.54) is 161 Å². The van der Waals surface area contributed by atoms with Gasteiger partial charge >= 0.3 is 5.97 Å². The van der Waals surface area contributed by atoms with Crippen LogP contribution in [0.2, 0.25) is 0 Å². The van der Waals surface area contributed by atoms with Crippen molar-refractivity contribution in [1.82, 2.24) is 5.32 Å². The van der Waals surface area contributed by atoms with Crippen molar-refractivity contribution in [3.05, 3.63) is 12.2 Å². The molecule has 2 atom stereocenters. The van der Waals surface area contributed by atoms with Gasteiger partial charge in [0.05, 0.1) is 25.4 Å². The first-order valence-corrected chi connectivity index (χ1v) is 24.4. The molecule has 0 heterocycles. The van der Waals surface area contributed by atoms with Gasteiger partial charge in [0.25, 0.3) is 0 Å². The predicted octanol–water partition coefficient (Wildman–Crippen LogP) is 14.2. The summed E-state index contributed by atoms with van der Waals surface area (Å²) in [5.41, 5.74) is 0. The Bertz CT molecular complexity index is 817. The van der Waals surface area contributed by atoms with Gasteiger partial charge in [-0.15, -0.1) is 0 Å².